The molecule has 0 saturated carbocycles. The fourth-order valence-corrected chi connectivity index (χ4v) is 3.07. The lowest BCUT2D eigenvalue weighted by Gasteiger charge is -2.06. The fraction of sp³-hybridized carbons (Fsp3) is 0.150. The number of methoxy groups -OCH3 is 1. The van der Waals surface area contributed by atoms with Gasteiger partial charge in [-0.1, -0.05) is 30.3 Å². The molecule has 0 amide bonds. The van der Waals surface area contributed by atoms with Gasteiger partial charge in [0.1, 0.15) is 11.3 Å². The lowest BCUT2D eigenvalue weighted by atomic mass is 10.1. The first kappa shape index (κ1) is 15.3. The number of hydrogen-bond donors (Lipinski definition) is 1. The zero-order valence-corrected chi connectivity index (χ0v) is 14.0. The van der Waals surface area contributed by atoms with Gasteiger partial charge in [0.25, 0.3) is 0 Å². The molecule has 5 nitrogen and oxygen atoms in total. The number of nitrogens with zero attached hydrogens (tertiary/aromatic N) is 2. The van der Waals surface area contributed by atoms with E-state index in [9.17, 15) is 4.79 Å². The number of ether oxygens (including phenoxy) is 1. The Labute approximate surface area is 144 Å². The summed E-state index contributed by atoms with van der Waals surface area (Å²) in [6.45, 7) is 2.00. The Bertz CT molecular complexity index is 1080. The smallest absolute Gasteiger partial charge is 0.356 e. The van der Waals surface area contributed by atoms with Crippen LogP contribution in [0, 0.1) is 6.92 Å². The zero-order chi connectivity index (χ0) is 17.4. The SMILES string of the molecule is COC(=O)c1cc2c([nH]c3ncc(C)cc32)c(Cc2ccccc2)n1. The molecule has 0 fully saturated rings. The molecule has 1 aromatic carbocycles. The van der Waals surface area contributed by atoms with Gasteiger partial charge in [-0.3, -0.25) is 0 Å². The van der Waals surface area contributed by atoms with Crippen molar-refractivity contribution in [2.75, 3.05) is 7.11 Å². The van der Waals surface area contributed by atoms with Crippen molar-refractivity contribution in [3.8, 4) is 0 Å². The molecule has 3 aromatic heterocycles. The second-order valence-electron chi connectivity index (χ2n) is 6.06. The molecule has 4 rings (SSSR count). The van der Waals surface area contributed by atoms with Crippen LogP contribution in [0.3, 0.4) is 0 Å². The number of rotatable bonds is 3. The van der Waals surface area contributed by atoms with Crippen LogP contribution in [0.5, 0.6) is 0 Å². The predicted molar refractivity (Wildman–Crippen MR) is 96.7 cm³/mol. The molecule has 0 spiro atoms. The lowest BCUT2D eigenvalue weighted by molar-refractivity contribution is 0.0594. The number of H-pyrrole nitrogens is 1. The van der Waals surface area contributed by atoms with Crippen LogP contribution in [0.2, 0.25) is 0 Å². The van der Waals surface area contributed by atoms with E-state index in [0.29, 0.717) is 12.1 Å². The van der Waals surface area contributed by atoms with E-state index in [1.807, 2.05) is 43.5 Å². The van der Waals surface area contributed by atoms with Gasteiger partial charge >= 0.3 is 5.97 Å². The van der Waals surface area contributed by atoms with Crippen molar-refractivity contribution in [1.82, 2.24) is 15.0 Å². The number of pyridine rings is 2. The van der Waals surface area contributed by atoms with Crippen LogP contribution in [0.15, 0.2) is 48.7 Å². The molecule has 4 aromatic rings. The highest BCUT2D eigenvalue weighted by Gasteiger charge is 2.17. The number of hydrogen-bond acceptors (Lipinski definition) is 4. The maximum atomic E-state index is 12.1. The average Bonchev–Trinajstić information content (AvgIpc) is 3.00. The Balaban J connectivity index is 1.98. The summed E-state index contributed by atoms with van der Waals surface area (Å²) >= 11 is 0. The molecule has 0 bridgehead atoms. The molecule has 0 saturated heterocycles. The molecule has 1 N–H and O–H groups in total. The summed E-state index contributed by atoms with van der Waals surface area (Å²) in [6, 6.07) is 13.9. The van der Waals surface area contributed by atoms with E-state index < -0.39 is 5.97 Å². The lowest BCUT2D eigenvalue weighted by Crippen LogP contribution is -2.07. The molecule has 0 atom stereocenters. The number of carbonyl (C=O) groups excluding carboxylic acids is 1. The number of carbonyl (C=O) groups is 1. The molecule has 0 unspecified atom stereocenters. The van der Waals surface area contributed by atoms with Gasteiger partial charge < -0.3 is 9.72 Å². The highest BCUT2D eigenvalue weighted by Crippen LogP contribution is 2.28. The Kier molecular flexibility index (Phi) is 3.69. The molecule has 0 aliphatic carbocycles. The number of nitrogens with one attached hydrogen (secondary N) is 1. The van der Waals surface area contributed by atoms with E-state index >= 15 is 0 Å². The van der Waals surface area contributed by atoms with Gasteiger partial charge in [-0.05, 0) is 30.2 Å². The minimum absolute atomic E-state index is 0.309. The molecule has 25 heavy (non-hydrogen) atoms. The van der Waals surface area contributed by atoms with Crippen LogP contribution in [-0.2, 0) is 11.2 Å². The summed E-state index contributed by atoms with van der Waals surface area (Å²) in [4.78, 5) is 24.4. The normalized spacial score (nSPS) is 11.1. The fourth-order valence-electron chi connectivity index (χ4n) is 3.07. The van der Waals surface area contributed by atoms with Crippen molar-refractivity contribution < 1.29 is 9.53 Å². The van der Waals surface area contributed by atoms with E-state index in [2.05, 4.69) is 21.0 Å². The first-order chi connectivity index (χ1) is 12.2. The number of benzene rings is 1. The number of aromatic nitrogens is 3. The van der Waals surface area contributed by atoms with Crippen LogP contribution in [0.1, 0.15) is 27.3 Å². The molecular formula is C20H17N3O2. The summed E-state index contributed by atoms with van der Waals surface area (Å²) in [5, 5.41) is 1.92. The third kappa shape index (κ3) is 2.74. The highest BCUT2D eigenvalue weighted by molar-refractivity contribution is 6.08. The van der Waals surface area contributed by atoms with Crippen LogP contribution < -0.4 is 0 Å². The van der Waals surface area contributed by atoms with Gasteiger partial charge in [0.05, 0.1) is 18.3 Å². The first-order valence-electron chi connectivity index (χ1n) is 8.06. The topological polar surface area (TPSA) is 67.9 Å². The van der Waals surface area contributed by atoms with Crippen LogP contribution in [-0.4, -0.2) is 28.0 Å². The summed E-state index contributed by atoms with van der Waals surface area (Å²) < 4.78 is 4.88. The Hall–Kier alpha value is -3.21. The second kappa shape index (κ2) is 6.02. The molecule has 5 heteroatoms. The summed E-state index contributed by atoms with van der Waals surface area (Å²) in [7, 11) is 1.37. The maximum Gasteiger partial charge on any atom is 0.356 e. The van der Waals surface area contributed by atoms with E-state index in [0.717, 1.165) is 38.8 Å². The van der Waals surface area contributed by atoms with Crippen molar-refractivity contribution in [2.45, 2.75) is 13.3 Å². The van der Waals surface area contributed by atoms with Gasteiger partial charge in [0.15, 0.2) is 0 Å². The average molecular weight is 331 g/mol. The number of fused-ring (bicyclic) bond motifs is 3. The summed E-state index contributed by atoms with van der Waals surface area (Å²) in [5.41, 5.74) is 5.00. The molecule has 0 aliphatic rings. The van der Waals surface area contributed by atoms with Crippen molar-refractivity contribution >= 4 is 27.9 Å². The van der Waals surface area contributed by atoms with E-state index in [1.54, 1.807) is 6.07 Å². The van der Waals surface area contributed by atoms with Gasteiger partial charge in [-0.25, -0.2) is 14.8 Å². The van der Waals surface area contributed by atoms with Gasteiger partial charge in [-0.15, -0.1) is 0 Å². The molecular weight excluding hydrogens is 314 g/mol. The number of aryl methyl sites for hydroxylation is 1. The van der Waals surface area contributed by atoms with Crippen molar-refractivity contribution in [2.24, 2.45) is 0 Å². The monoisotopic (exact) mass is 331 g/mol. The van der Waals surface area contributed by atoms with Gasteiger partial charge in [0.2, 0.25) is 0 Å². The molecule has 124 valence electrons. The first-order valence-corrected chi connectivity index (χ1v) is 8.06. The quantitative estimate of drug-likeness (QED) is 0.580. The van der Waals surface area contributed by atoms with Crippen molar-refractivity contribution in [3.05, 3.63) is 71.2 Å². The molecule has 0 aliphatic heterocycles. The zero-order valence-electron chi connectivity index (χ0n) is 14.0. The summed E-state index contributed by atoms with van der Waals surface area (Å²) in [5.74, 6) is -0.439. The Morgan fingerprint density at radius 1 is 1.16 bits per heavy atom. The van der Waals surface area contributed by atoms with Crippen molar-refractivity contribution in [1.29, 1.82) is 0 Å². The van der Waals surface area contributed by atoms with Crippen molar-refractivity contribution in [3.63, 3.8) is 0 Å². The number of aromatic amines is 1. The van der Waals surface area contributed by atoms with Crippen LogP contribution in [0.4, 0.5) is 0 Å². The molecule has 0 radical (unpaired) electrons. The predicted octanol–water partition coefficient (Wildman–Crippen LogP) is 3.80. The van der Waals surface area contributed by atoms with Gasteiger partial charge in [-0.2, -0.15) is 0 Å². The highest BCUT2D eigenvalue weighted by atomic mass is 16.5. The minimum atomic E-state index is -0.439. The third-order valence-corrected chi connectivity index (χ3v) is 4.26. The van der Waals surface area contributed by atoms with E-state index in [4.69, 9.17) is 4.74 Å². The largest absolute Gasteiger partial charge is 0.464 e. The van der Waals surface area contributed by atoms with Crippen LogP contribution in [0.25, 0.3) is 21.9 Å². The Morgan fingerprint density at radius 3 is 2.72 bits per heavy atom. The molecule has 3 heterocycles. The standard InChI is InChI=1S/C20H17N3O2/c1-12-8-15-14-10-17(20(24)25-2)22-16(9-13-6-4-3-5-7-13)18(14)23-19(15)21-11-12/h3-8,10-11H,9H2,1-2H3,(H,21,23). The second-order valence-corrected chi connectivity index (χ2v) is 6.06. The van der Waals surface area contributed by atoms with Gasteiger partial charge in [0, 0.05) is 23.4 Å². The van der Waals surface area contributed by atoms with E-state index in [-0.39, 0.29) is 0 Å². The summed E-state index contributed by atoms with van der Waals surface area (Å²) in [6.07, 6.45) is 2.44. The minimum Gasteiger partial charge on any atom is -0.464 e. The maximum absolute atomic E-state index is 12.1. The Morgan fingerprint density at radius 2 is 1.96 bits per heavy atom. The van der Waals surface area contributed by atoms with Crippen LogP contribution >= 0.6 is 0 Å². The number of esters is 1. The third-order valence-electron chi connectivity index (χ3n) is 4.26. The van der Waals surface area contributed by atoms with E-state index in [1.165, 1.54) is 7.11 Å².